The maximum Gasteiger partial charge on any atom is 0.337 e. The van der Waals surface area contributed by atoms with Gasteiger partial charge < -0.3 is 10.4 Å². The molecule has 0 unspecified atom stereocenters. The summed E-state index contributed by atoms with van der Waals surface area (Å²) in [5.41, 5.74) is -0.267. The van der Waals surface area contributed by atoms with E-state index in [4.69, 9.17) is 5.11 Å². The number of aromatic nitrogens is 1. The number of aromatic carboxylic acids is 1. The minimum Gasteiger partial charge on any atom is -0.478 e. The van der Waals surface area contributed by atoms with Crippen molar-refractivity contribution in [1.82, 2.24) is 4.98 Å². The number of carboxylic acid groups (broad SMARTS) is 1. The highest BCUT2D eigenvalue weighted by molar-refractivity contribution is 5.90. The Hall–Kier alpha value is -1.98. The van der Waals surface area contributed by atoms with Crippen molar-refractivity contribution in [3.05, 3.63) is 23.6 Å². The predicted octanol–water partition coefficient (Wildman–Crippen LogP) is 0.877. The van der Waals surface area contributed by atoms with E-state index >= 15 is 0 Å². The van der Waals surface area contributed by atoms with E-state index in [9.17, 15) is 14.0 Å². The van der Waals surface area contributed by atoms with Gasteiger partial charge >= 0.3 is 5.97 Å². The molecule has 0 spiro atoms. The quantitative estimate of drug-likeness (QED) is 0.739. The Bertz CT molecular complexity index is 392. The third-order valence-electron chi connectivity index (χ3n) is 1.38. The number of carbonyl (C=O) groups is 2. The summed E-state index contributed by atoms with van der Waals surface area (Å²) in [4.78, 5) is 24.4. The minimum absolute atomic E-state index is 0.267. The second-order valence-corrected chi connectivity index (χ2v) is 2.54. The molecule has 0 saturated heterocycles. The first-order valence-electron chi connectivity index (χ1n) is 3.67. The van der Waals surface area contributed by atoms with E-state index < -0.39 is 17.7 Å². The van der Waals surface area contributed by atoms with Crippen LogP contribution in [-0.2, 0) is 4.79 Å². The van der Waals surface area contributed by atoms with Gasteiger partial charge in [0, 0.05) is 13.1 Å². The summed E-state index contributed by atoms with van der Waals surface area (Å²) in [5.74, 6) is -2.90. The molecular weight excluding hydrogens is 191 g/mol. The number of carbonyl (C=O) groups excluding carboxylic acids is 1. The molecule has 0 saturated carbocycles. The molecule has 1 heterocycles. The van der Waals surface area contributed by atoms with Crippen LogP contribution in [0.4, 0.5) is 10.2 Å². The number of amides is 1. The molecule has 0 aromatic carbocycles. The van der Waals surface area contributed by atoms with Crippen molar-refractivity contribution >= 4 is 17.7 Å². The van der Waals surface area contributed by atoms with Crippen molar-refractivity contribution in [2.45, 2.75) is 6.92 Å². The van der Waals surface area contributed by atoms with E-state index in [1.807, 2.05) is 0 Å². The maximum atomic E-state index is 13.0. The lowest BCUT2D eigenvalue weighted by atomic mass is 10.3. The first-order valence-corrected chi connectivity index (χ1v) is 3.67. The number of pyridine rings is 1. The Morgan fingerprint density at radius 2 is 2.21 bits per heavy atom. The summed E-state index contributed by atoms with van der Waals surface area (Å²) in [6.07, 6.45) is 0.969. The Kier molecular flexibility index (Phi) is 2.76. The molecule has 0 atom stereocenters. The van der Waals surface area contributed by atoms with Gasteiger partial charge in [0.15, 0.2) is 11.6 Å². The molecular formula is C8H7FN2O3. The molecule has 2 N–H and O–H groups in total. The van der Waals surface area contributed by atoms with E-state index in [1.54, 1.807) is 0 Å². The number of anilines is 1. The molecule has 0 radical (unpaired) electrons. The largest absolute Gasteiger partial charge is 0.478 e. The van der Waals surface area contributed by atoms with E-state index in [-0.39, 0.29) is 11.4 Å². The van der Waals surface area contributed by atoms with Gasteiger partial charge in [0.25, 0.3) is 0 Å². The highest BCUT2D eigenvalue weighted by atomic mass is 19.1. The summed E-state index contributed by atoms with van der Waals surface area (Å²) in [5, 5.41) is 10.6. The second kappa shape index (κ2) is 3.82. The van der Waals surface area contributed by atoms with E-state index in [0.29, 0.717) is 0 Å². The molecule has 6 heteroatoms. The fraction of sp³-hybridized carbons (Fsp3) is 0.125. The lowest BCUT2D eigenvalue weighted by Gasteiger charge is -2.02. The van der Waals surface area contributed by atoms with Gasteiger partial charge in [-0.25, -0.2) is 14.2 Å². The van der Waals surface area contributed by atoms with Crippen LogP contribution in [-0.4, -0.2) is 22.0 Å². The van der Waals surface area contributed by atoms with E-state index in [0.717, 1.165) is 12.3 Å². The number of hydrogen-bond acceptors (Lipinski definition) is 3. The molecule has 0 fully saturated rings. The SMILES string of the molecule is CC(=O)Nc1ncc(C(=O)O)cc1F. The number of halogens is 1. The van der Waals surface area contributed by atoms with Gasteiger partial charge in [0.1, 0.15) is 0 Å². The van der Waals surface area contributed by atoms with Gasteiger partial charge in [0.2, 0.25) is 5.91 Å². The number of nitrogens with zero attached hydrogens (tertiary/aromatic N) is 1. The average Bonchev–Trinajstić information content (AvgIpc) is 2.07. The van der Waals surface area contributed by atoms with Gasteiger partial charge in [-0.15, -0.1) is 0 Å². The fourth-order valence-electron chi connectivity index (χ4n) is 0.814. The molecule has 0 aliphatic rings. The third-order valence-corrected chi connectivity index (χ3v) is 1.38. The number of rotatable bonds is 2. The van der Waals surface area contributed by atoms with Crippen LogP contribution >= 0.6 is 0 Å². The summed E-state index contributed by atoms with van der Waals surface area (Å²) in [6, 6.07) is 0.792. The van der Waals surface area contributed by atoms with Crippen LogP contribution in [0.5, 0.6) is 0 Å². The normalized spacial score (nSPS) is 9.57. The first kappa shape index (κ1) is 10.1. The van der Waals surface area contributed by atoms with Crippen molar-refractivity contribution in [2.24, 2.45) is 0 Å². The van der Waals surface area contributed by atoms with Crippen LogP contribution < -0.4 is 5.32 Å². The van der Waals surface area contributed by atoms with Crippen molar-refractivity contribution in [3.8, 4) is 0 Å². The monoisotopic (exact) mass is 198 g/mol. The van der Waals surface area contributed by atoms with Crippen molar-refractivity contribution in [2.75, 3.05) is 5.32 Å². The van der Waals surface area contributed by atoms with E-state index in [1.165, 1.54) is 6.92 Å². The molecule has 0 aliphatic carbocycles. The van der Waals surface area contributed by atoms with Crippen LogP contribution in [0.25, 0.3) is 0 Å². The molecule has 14 heavy (non-hydrogen) atoms. The summed E-state index contributed by atoms with van der Waals surface area (Å²) >= 11 is 0. The third kappa shape index (κ3) is 2.25. The Morgan fingerprint density at radius 3 is 2.64 bits per heavy atom. The van der Waals surface area contributed by atoms with Crippen LogP contribution in [0.3, 0.4) is 0 Å². The topological polar surface area (TPSA) is 79.3 Å². The maximum absolute atomic E-state index is 13.0. The Labute approximate surface area is 78.6 Å². The number of carboxylic acids is 1. The zero-order chi connectivity index (χ0) is 10.7. The molecule has 1 aromatic heterocycles. The average molecular weight is 198 g/mol. The molecule has 1 amide bonds. The van der Waals surface area contributed by atoms with Gasteiger partial charge in [-0.2, -0.15) is 0 Å². The molecule has 5 nitrogen and oxygen atoms in total. The Morgan fingerprint density at radius 1 is 1.57 bits per heavy atom. The summed E-state index contributed by atoms with van der Waals surface area (Å²) in [7, 11) is 0. The zero-order valence-electron chi connectivity index (χ0n) is 7.24. The summed E-state index contributed by atoms with van der Waals surface area (Å²) in [6.45, 7) is 1.20. The van der Waals surface area contributed by atoms with Crippen LogP contribution in [0.2, 0.25) is 0 Å². The van der Waals surface area contributed by atoms with Crippen LogP contribution in [0, 0.1) is 5.82 Å². The lowest BCUT2D eigenvalue weighted by Crippen LogP contribution is -2.10. The standard InChI is InChI=1S/C8H7FN2O3/c1-4(12)11-7-6(9)2-5(3-10-7)8(13)14/h2-3H,1H3,(H,13,14)(H,10,11,12). The molecule has 0 aliphatic heterocycles. The molecule has 1 aromatic rings. The molecule has 1 rings (SSSR count). The van der Waals surface area contributed by atoms with Gasteiger partial charge in [0.05, 0.1) is 5.56 Å². The number of hydrogen-bond donors (Lipinski definition) is 2. The fourth-order valence-corrected chi connectivity index (χ4v) is 0.814. The van der Waals surface area contributed by atoms with Gasteiger partial charge in [-0.05, 0) is 6.07 Å². The Balaban J connectivity index is 3.01. The summed E-state index contributed by atoms with van der Waals surface area (Å²) < 4.78 is 13.0. The predicted molar refractivity (Wildman–Crippen MR) is 45.5 cm³/mol. The van der Waals surface area contributed by atoms with Crippen molar-refractivity contribution in [1.29, 1.82) is 0 Å². The van der Waals surface area contributed by atoms with Crippen molar-refractivity contribution in [3.63, 3.8) is 0 Å². The number of nitrogens with one attached hydrogen (secondary N) is 1. The van der Waals surface area contributed by atoms with Crippen LogP contribution in [0.15, 0.2) is 12.3 Å². The highest BCUT2D eigenvalue weighted by Gasteiger charge is 2.10. The van der Waals surface area contributed by atoms with Gasteiger partial charge in [-0.1, -0.05) is 0 Å². The highest BCUT2D eigenvalue weighted by Crippen LogP contribution is 2.11. The molecule has 0 bridgehead atoms. The lowest BCUT2D eigenvalue weighted by molar-refractivity contribution is -0.114. The van der Waals surface area contributed by atoms with E-state index in [2.05, 4.69) is 10.3 Å². The first-order chi connectivity index (χ1) is 6.50. The zero-order valence-corrected chi connectivity index (χ0v) is 7.24. The van der Waals surface area contributed by atoms with Gasteiger partial charge in [-0.3, -0.25) is 4.79 Å². The minimum atomic E-state index is -1.27. The second-order valence-electron chi connectivity index (χ2n) is 2.54. The van der Waals surface area contributed by atoms with Crippen molar-refractivity contribution < 1.29 is 19.1 Å². The van der Waals surface area contributed by atoms with Crippen LogP contribution in [0.1, 0.15) is 17.3 Å². The smallest absolute Gasteiger partial charge is 0.337 e. The molecule has 74 valence electrons.